The second-order valence-electron chi connectivity index (χ2n) is 6.94. The van der Waals surface area contributed by atoms with Crippen LogP contribution in [0.25, 0.3) is 0 Å². The number of benzene rings is 1. The maximum atomic E-state index is 12.4. The first-order valence-corrected chi connectivity index (χ1v) is 8.33. The normalized spacial score (nSPS) is 19.8. The van der Waals surface area contributed by atoms with Crippen LogP contribution in [-0.2, 0) is 9.53 Å². The lowest BCUT2D eigenvalue weighted by Crippen LogP contribution is -2.33. The predicted octanol–water partition coefficient (Wildman–Crippen LogP) is 4.11. The summed E-state index contributed by atoms with van der Waals surface area (Å²) in [6.45, 7) is 7.37. The summed E-state index contributed by atoms with van der Waals surface area (Å²) in [7, 11) is 1.50. The Hall–Kier alpha value is -2.82. The number of carboxylic acid groups (broad SMARTS) is 1. The summed E-state index contributed by atoms with van der Waals surface area (Å²) < 4.78 is 5.51. The van der Waals surface area contributed by atoms with E-state index >= 15 is 0 Å². The number of carbonyl (C=O) groups excluding carboxylic acids is 1. The van der Waals surface area contributed by atoms with Crippen LogP contribution in [0.2, 0.25) is 0 Å². The lowest BCUT2D eigenvalue weighted by molar-refractivity contribution is -0.132. The third-order valence-corrected chi connectivity index (χ3v) is 5.19. The maximum Gasteiger partial charge on any atom is 0.336 e. The van der Waals surface area contributed by atoms with Crippen molar-refractivity contribution in [1.82, 2.24) is 0 Å². The second kappa shape index (κ2) is 7.20. The molecule has 1 aromatic rings. The second-order valence-corrected chi connectivity index (χ2v) is 6.94. The average molecular weight is 356 g/mol. The Morgan fingerprint density at radius 1 is 1.19 bits per heavy atom. The summed E-state index contributed by atoms with van der Waals surface area (Å²) >= 11 is 0. The Kier molecular flexibility index (Phi) is 5.40. The fraction of sp³-hybridized carbons (Fsp3) is 0.333. The quantitative estimate of drug-likeness (QED) is 0.613. The third kappa shape index (κ3) is 3.29. The fourth-order valence-corrected chi connectivity index (χ4v) is 3.41. The Bertz CT molecular complexity index is 840. The zero-order chi connectivity index (χ0) is 19.6. The SMILES string of the molecule is COC1=C(C)C(C(=O)O)=C(C)C(C)(C)C1C=CC(=O)c1ccccc1O. The zero-order valence-corrected chi connectivity index (χ0v) is 15.7. The number of hydrogen-bond donors (Lipinski definition) is 2. The van der Waals surface area contributed by atoms with Crippen molar-refractivity contribution in [3.8, 4) is 5.75 Å². The fourth-order valence-electron chi connectivity index (χ4n) is 3.41. The van der Waals surface area contributed by atoms with Gasteiger partial charge in [-0.3, -0.25) is 4.79 Å². The number of hydrogen-bond acceptors (Lipinski definition) is 4. The zero-order valence-electron chi connectivity index (χ0n) is 15.7. The van der Waals surface area contributed by atoms with Crippen molar-refractivity contribution in [1.29, 1.82) is 0 Å². The van der Waals surface area contributed by atoms with Crippen molar-refractivity contribution in [3.63, 3.8) is 0 Å². The molecule has 0 spiro atoms. The van der Waals surface area contributed by atoms with E-state index in [0.717, 1.165) is 5.57 Å². The molecule has 0 fully saturated rings. The first kappa shape index (κ1) is 19.5. The van der Waals surface area contributed by atoms with Crippen LogP contribution in [0.3, 0.4) is 0 Å². The van der Waals surface area contributed by atoms with E-state index in [-0.39, 0.29) is 28.6 Å². The molecule has 26 heavy (non-hydrogen) atoms. The topological polar surface area (TPSA) is 83.8 Å². The van der Waals surface area contributed by atoms with Crippen LogP contribution in [0.4, 0.5) is 0 Å². The van der Waals surface area contributed by atoms with Gasteiger partial charge < -0.3 is 14.9 Å². The van der Waals surface area contributed by atoms with Crippen LogP contribution >= 0.6 is 0 Å². The predicted molar refractivity (Wildman–Crippen MR) is 98.9 cm³/mol. The maximum absolute atomic E-state index is 12.4. The van der Waals surface area contributed by atoms with Gasteiger partial charge in [0, 0.05) is 11.5 Å². The molecule has 1 aromatic carbocycles. The van der Waals surface area contributed by atoms with Gasteiger partial charge in [0.15, 0.2) is 5.78 Å². The first-order valence-electron chi connectivity index (χ1n) is 8.33. The van der Waals surface area contributed by atoms with Crippen molar-refractivity contribution in [2.24, 2.45) is 11.3 Å². The van der Waals surface area contributed by atoms with E-state index in [2.05, 4.69) is 0 Å². The summed E-state index contributed by atoms with van der Waals surface area (Å²) in [5.41, 5.74) is 1.21. The number of rotatable bonds is 5. The highest BCUT2D eigenvalue weighted by atomic mass is 16.5. The minimum atomic E-state index is -0.990. The first-order chi connectivity index (χ1) is 12.1. The van der Waals surface area contributed by atoms with Gasteiger partial charge in [-0.2, -0.15) is 0 Å². The molecule has 1 aliphatic carbocycles. The number of aliphatic carboxylic acids is 1. The summed E-state index contributed by atoms with van der Waals surface area (Å²) in [4.78, 5) is 24.1. The van der Waals surface area contributed by atoms with Crippen LogP contribution < -0.4 is 0 Å². The van der Waals surface area contributed by atoms with Gasteiger partial charge in [0.1, 0.15) is 11.5 Å². The van der Waals surface area contributed by atoms with Crippen LogP contribution in [0.15, 0.2) is 58.9 Å². The summed E-state index contributed by atoms with van der Waals surface area (Å²) in [6.07, 6.45) is 3.13. The molecule has 0 radical (unpaired) electrons. The standard InChI is InChI=1S/C21H24O5/c1-12-18(20(24)25)13(2)21(3,4)15(19(12)26-5)10-11-17(23)14-8-6-7-9-16(14)22/h6-11,15,22H,1-5H3,(H,24,25). The Morgan fingerprint density at radius 2 is 1.81 bits per heavy atom. The van der Waals surface area contributed by atoms with Gasteiger partial charge in [-0.05, 0) is 37.5 Å². The summed E-state index contributed by atoms with van der Waals surface area (Å²) in [5, 5.41) is 19.4. The smallest absolute Gasteiger partial charge is 0.336 e. The molecule has 1 unspecified atom stereocenters. The van der Waals surface area contributed by atoms with Crippen LogP contribution in [-0.4, -0.2) is 29.1 Å². The number of methoxy groups -OCH3 is 1. The lowest BCUT2D eigenvalue weighted by atomic mass is 9.66. The Morgan fingerprint density at radius 3 is 2.35 bits per heavy atom. The van der Waals surface area contributed by atoms with Gasteiger partial charge in [0.05, 0.1) is 18.2 Å². The number of ether oxygens (including phenoxy) is 1. The summed E-state index contributed by atoms with van der Waals surface area (Å²) in [6, 6.07) is 6.35. The van der Waals surface area contributed by atoms with Gasteiger partial charge in [0.2, 0.25) is 0 Å². The van der Waals surface area contributed by atoms with E-state index in [1.807, 2.05) is 13.8 Å². The van der Waals surface area contributed by atoms with Crippen molar-refractivity contribution in [3.05, 3.63) is 64.5 Å². The molecule has 1 aliphatic rings. The number of carboxylic acids is 1. The number of para-hydroxylation sites is 1. The summed E-state index contributed by atoms with van der Waals surface area (Å²) in [5.74, 6) is -1.16. The minimum Gasteiger partial charge on any atom is -0.507 e. The van der Waals surface area contributed by atoms with E-state index in [0.29, 0.717) is 11.3 Å². The number of carbonyl (C=O) groups is 2. The average Bonchev–Trinajstić information content (AvgIpc) is 2.57. The van der Waals surface area contributed by atoms with E-state index < -0.39 is 11.4 Å². The molecule has 5 nitrogen and oxygen atoms in total. The van der Waals surface area contributed by atoms with Crippen LogP contribution in [0, 0.1) is 11.3 Å². The molecule has 0 saturated heterocycles. The molecule has 2 rings (SSSR count). The van der Waals surface area contributed by atoms with Crippen molar-refractivity contribution in [2.75, 3.05) is 7.11 Å². The molecule has 1 atom stereocenters. The van der Waals surface area contributed by atoms with Crippen molar-refractivity contribution < 1.29 is 24.5 Å². The number of phenolic OH excluding ortho intramolecular Hbond substituents is 1. The Balaban J connectivity index is 2.47. The van der Waals surface area contributed by atoms with Gasteiger partial charge in [-0.25, -0.2) is 4.79 Å². The number of allylic oxidation sites excluding steroid dienone is 3. The van der Waals surface area contributed by atoms with Gasteiger partial charge >= 0.3 is 5.97 Å². The van der Waals surface area contributed by atoms with Crippen molar-refractivity contribution >= 4 is 11.8 Å². The van der Waals surface area contributed by atoms with Crippen LogP contribution in [0.1, 0.15) is 38.1 Å². The molecule has 5 heteroatoms. The van der Waals surface area contributed by atoms with Crippen LogP contribution in [0.5, 0.6) is 5.75 Å². The van der Waals surface area contributed by atoms with Gasteiger partial charge in [-0.1, -0.05) is 37.6 Å². The van der Waals surface area contributed by atoms with Gasteiger partial charge in [-0.15, -0.1) is 0 Å². The molecule has 0 amide bonds. The molecular weight excluding hydrogens is 332 g/mol. The van der Waals surface area contributed by atoms with Gasteiger partial charge in [0.25, 0.3) is 0 Å². The molecule has 0 heterocycles. The number of ketones is 1. The molecule has 0 bridgehead atoms. The van der Waals surface area contributed by atoms with E-state index in [1.54, 1.807) is 38.1 Å². The van der Waals surface area contributed by atoms with E-state index in [4.69, 9.17) is 4.74 Å². The molecule has 2 N–H and O–H groups in total. The van der Waals surface area contributed by atoms with E-state index in [1.165, 1.54) is 19.3 Å². The molecule has 0 aliphatic heterocycles. The number of aromatic hydroxyl groups is 1. The molecule has 0 aromatic heterocycles. The highest BCUT2D eigenvalue weighted by Crippen LogP contribution is 2.48. The highest BCUT2D eigenvalue weighted by molar-refractivity contribution is 6.06. The van der Waals surface area contributed by atoms with E-state index in [9.17, 15) is 19.8 Å². The molecule has 0 saturated carbocycles. The monoisotopic (exact) mass is 356 g/mol. The highest BCUT2D eigenvalue weighted by Gasteiger charge is 2.41. The van der Waals surface area contributed by atoms with Crippen molar-refractivity contribution in [2.45, 2.75) is 27.7 Å². The molecular formula is C21H24O5. The number of phenols is 1. The third-order valence-electron chi connectivity index (χ3n) is 5.19. The molecule has 138 valence electrons. The largest absolute Gasteiger partial charge is 0.507 e. The minimum absolute atomic E-state index is 0.0759. The Labute approximate surface area is 153 Å². The lowest BCUT2D eigenvalue weighted by Gasteiger charge is -2.40.